The SMILES string of the molecule is Cc1ccc(N2CCCC2C)c(C(=O)O)c1. The van der Waals surface area contributed by atoms with Gasteiger partial charge in [-0.25, -0.2) is 4.79 Å². The fraction of sp³-hybridized carbons (Fsp3) is 0.462. The molecule has 1 fully saturated rings. The molecule has 0 bridgehead atoms. The van der Waals surface area contributed by atoms with Gasteiger partial charge in [0.05, 0.1) is 11.3 Å². The van der Waals surface area contributed by atoms with Crippen molar-refractivity contribution in [2.24, 2.45) is 0 Å². The van der Waals surface area contributed by atoms with Crippen LogP contribution in [0.1, 0.15) is 35.7 Å². The van der Waals surface area contributed by atoms with Gasteiger partial charge in [-0.3, -0.25) is 0 Å². The molecular weight excluding hydrogens is 202 g/mol. The number of nitrogens with zero attached hydrogens (tertiary/aromatic N) is 1. The predicted molar refractivity (Wildman–Crippen MR) is 64.2 cm³/mol. The molecule has 16 heavy (non-hydrogen) atoms. The van der Waals surface area contributed by atoms with Crippen molar-refractivity contribution in [3.05, 3.63) is 29.3 Å². The Kier molecular flexibility index (Phi) is 2.86. The van der Waals surface area contributed by atoms with Crippen molar-refractivity contribution in [1.29, 1.82) is 0 Å². The number of aryl methyl sites for hydroxylation is 1. The first-order valence-electron chi connectivity index (χ1n) is 5.70. The van der Waals surface area contributed by atoms with Gasteiger partial charge in [0.25, 0.3) is 0 Å². The molecule has 0 spiro atoms. The van der Waals surface area contributed by atoms with E-state index in [0.717, 1.165) is 30.6 Å². The van der Waals surface area contributed by atoms with Gasteiger partial charge < -0.3 is 10.0 Å². The highest BCUT2D eigenvalue weighted by Crippen LogP contribution is 2.29. The standard InChI is InChI=1S/C13H17NO2/c1-9-5-6-12(11(8-9)13(15)16)14-7-3-4-10(14)2/h5-6,8,10H,3-4,7H2,1-2H3,(H,15,16). The summed E-state index contributed by atoms with van der Waals surface area (Å²) in [6.07, 6.45) is 2.29. The molecule has 1 N–H and O–H groups in total. The van der Waals surface area contributed by atoms with Crippen LogP contribution in [0.25, 0.3) is 0 Å². The molecule has 0 amide bonds. The van der Waals surface area contributed by atoms with E-state index in [-0.39, 0.29) is 0 Å². The summed E-state index contributed by atoms with van der Waals surface area (Å²) in [5.74, 6) is -0.835. The van der Waals surface area contributed by atoms with Crippen LogP contribution in [0.3, 0.4) is 0 Å². The summed E-state index contributed by atoms with van der Waals surface area (Å²) in [5, 5.41) is 9.21. The molecule has 1 saturated heterocycles. The highest BCUT2D eigenvalue weighted by Gasteiger charge is 2.24. The number of carbonyl (C=O) groups is 1. The van der Waals surface area contributed by atoms with E-state index in [1.165, 1.54) is 0 Å². The zero-order valence-corrected chi connectivity index (χ0v) is 9.73. The molecule has 2 rings (SSSR count). The summed E-state index contributed by atoms with van der Waals surface area (Å²) in [6.45, 7) is 5.03. The minimum Gasteiger partial charge on any atom is -0.478 e. The van der Waals surface area contributed by atoms with E-state index in [9.17, 15) is 9.90 Å². The molecule has 1 atom stereocenters. The molecule has 1 aromatic carbocycles. The number of anilines is 1. The molecule has 1 aliphatic rings. The summed E-state index contributed by atoms with van der Waals surface area (Å²) in [5.41, 5.74) is 2.28. The molecule has 3 nitrogen and oxygen atoms in total. The number of hydrogen-bond acceptors (Lipinski definition) is 2. The van der Waals surface area contributed by atoms with Gasteiger partial charge >= 0.3 is 5.97 Å². The molecule has 86 valence electrons. The van der Waals surface area contributed by atoms with E-state index in [1.54, 1.807) is 6.07 Å². The van der Waals surface area contributed by atoms with Gasteiger partial charge in [-0.2, -0.15) is 0 Å². The van der Waals surface area contributed by atoms with Crippen LogP contribution in [0, 0.1) is 6.92 Å². The van der Waals surface area contributed by atoms with Crippen molar-refractivity contribution in [3.63, 3.8) is 0 Å². The Labute approximate surface area is 95.7 Å². The zero-order valence-electron chi connectivity index (χ0n) is 9.73. The normalized spacial score (nSPS) is 20.1. The average molecular weight is 219 g/mol. The summed E-state index contributed by atoms with van der Waals surface area (Å²) in [7, 11) is 0. The van der Waals surface area contributed by atoms with Crippen LogP contribution in [0.5, 0.6) is 0 Å². The largest absolute Gasteiger partial charge is 0.478 e. The van der Waals surface area contributed by atoms with E-state index < -0.39 is 5.97 Å². The molecule has 0 aromatic heterocycles. The van der Waals surface area contributed by atoms with Crippen LogP contribution in [0.15, 0.2) is 18.2 Å². The topological polar surface area (TPSA) is 40.5 Å². The number of rotatable bonds is 2. The van der Waals surface area contributed by atoms with Crippen LogP contribution in [-0.2, 0) is 0 Å². The number of aromatic carboxylic acids is 1. The third kappa shape index (κ3) is 1.90. The van der Waals surface area contributed by atoms with E-state index in [2.05, 4.69) is 11.8 Å². The van der Waals surface area contributed by atoms with Gasteiger partial charge in [-0.15, -0.1) is 0 Å². The molecule has 1 unspecified atom stereocenters. The summed E-state index contributed by atoms with van der Waals surface area (Å²) in [4.78, 5) is 13.4. The fourth-order valence-corrected chi connectivity index (χ4v) is 2.36. The lowest BCUT2D eigenvalue weighted by atomic mass is 10.1. The Bertz CT molecular complexity index is 414. The lowest BCUT2D eigenvalue weighted by molar-refractivity contribution is 0.0697. The number of benzene rings is 1. The van der Waals surface area contributed by atoms with Crippen molar-refractivity contribution in [1.82, 2.24) is 0 Å². The van der Waals surface area contributed by atoms with Crippen molar-refractivity contribution in [2.45, 2.75) is 32.7 Å². The molecule has 0 aliphatic carbocycles. The first-order chi connectivity index (χ1) is 7.59. The maximum atomic E-state index is 11.2. The fourth-order valence-electron chi connectivity index (χ4n) is 2.36. The second kappa shape index (κ2) is 4.16. The minimum atomic E-state index is -0.835. The highest BCUT2D eigenvalue weighted by molar-refractivity contribution is 5.94. The molecule has 0 saturated carbocycles. The lowest BCUT2D eigenvalue weighted by Crippen LogP contribution is -2.28. The van der Waals surface area contributed by atoms with Gasteiger partial charge in [0.1, 0.15) is 0 Å². The zero-order chi connectivity index (χ0) is 11.7. The lowest BCUT2D eigenvalue weighted by Gasteiger charge is -2.25. The van der Waals surface area contributed by atoms with E-state index >= 15 is 0 Å². The van der Waals surface area contributed by atoms with Crippen molar-refractivity contribution in [2.75, 3.05) is 11.4 Å². The number of hydrogen-bond donors (Lipinski definition) is 1. The van der Waals surface area contributed by atoms with Gasteiger partial charge in [-0.05, 0) is 38.8 Å². The maximum absolute atomic E-state index is 11.2. The molecule has 3 heteroatoms. The van der Waals surface area contributed by atoms with Crippen molar-refractivity contribution < 1.29 is 9.90 Å². The first-order valence-corrected chi connectivity index (χ1v) is 5.70. The second-order valence-electron chi connectivity index (χ2n) is 4.51. The third-order valence-corrected chi connectivity index (χ3v) is 3.24. The number of carboxylic acids is 1. The molecular formula is C13H17NO2. The quantitative estimate of drug-likeness (QED) is 0.831. The summed E-state index contributed by atoms with van der Waals surface area (Å²) in [6, 6.07) is 6.11. The average Bonchev–Trinajstić information content (AvgIpc) is 2.64. The Morgan fingerprint density at radius 3 is 2.81 bits per heavy atom. The van der Waals surface area contributed by atoms with Crippen LogP contribution in [0.4, 0.5) is 5.69 Å². The number of carboxylic acid groups (broad SMARTS) is 1. The van der Waals surface area contributed by atoms with Crippen molar-refractivity contribution >= 4 is 11.7 Å². The Morgan fingerprint density at radius 1 is 1.50 bits per heavy atom. The molecule has 1 aliphatic heterocycles. The highest BCUT2D eigenvalue weighted by atomic mass is 16.4. The van der Waals surface area contributed by atoms with E-state index in [1.807, 2.05) is 19.1 Å². The Balaban J connectivity index is 2.43. The Hall–Kier alpha value is -1.51. The molecule has 1 aromatic rings. The van der Waals surface area contributed by atoms with Gasteiger partial charge in [0.2, 0.25) is 0 Å². The van der Waals surface area contributed by atoms with Crippen LogP contribution < -0.4 is 4.90 Å². The smallest absolute Gasteiger partial charge is 0.337 e. The second-order valence-corrected chi connectivity index (χ2v) is 4.51. The van der Waals surface area contributed by atoms with Gasteiger partial charge in [0.15, 0.2) is 0 Å². The van der Waals surface area contributed by atoms with Crippen LogP contribution in [0.2, 0.25) is 0 Å². The maximum Gasteiger partial charge on any atom is 0.337 e. The molecule has 0 radical (unpaired) electrons. The van der Waals surface area contributed by atoms with Crippen LogP contribution in [-0.4, -0.2) is 23.7 Å². The summed E-state index contributed by atoms with van der Waals surface area (Å²) < 4.78 is 0. The van der Waals surface area contributed by atoms with Gasteiger partial charge in [0, 0.05) is 12.6 Å². The monoisotopic (exact) mass is 219 g/mol. The van der Waals surface area contributed by atoms with Gasteiger partial charge in [-0.1, -0.05) is 11.6 Å². The summed E-state index contributed by atoms with van der Waals surface area (Å²) >= 11 is 0. The predicted octanol–water partition coefficient (Wildman–Crippen LogP) is 2.68. The van der Waals surface area contributed by atoms with E-state index in [0.29, 0.717) is 11.6 Å². The molecule has 1 heterocycles. The van der Waals surface area contributed by atoms with E-state index in [4.69, 9.17) is 0 Å². The third-order valence-electron chi connectivity index (χ3n) is 3.24. The first kappa shape index (κ1) is 11.0. The Morgan fingerprint density at radius 2 is 2.25 bits per heavy atom. The van der Waals surface area contributed by atoms with Crippen LogP contribution >= 0.6 is 0 Å². The van der Waals surface area contributed by atoms with Crippen molar-refractivity contribution in [3.8, 4) is 0 Å². The minimum absolute atomic E-state index is 0.425.